The first-order valence-electron chi connectivity index (χ1n) is 5.69. The number of aromatic nitrogens is 4. The molecule has 92 valence electrons. The van der Waals surface area contributed by atoms with E-state index in [1.54, 1.807) is 16.0 Å². The van der Waals surface area contributed by atoms with Gasteiger partial charge < -0.3 is 5.32 Å². The quantitative estimate of drug-likeness (QED) is 0.874. The van der Waals surface area contributed by atoms with Crippen molar-refractivity contribution < 1.29 is 0 Å². The molecule has 1 atom stereocenters. The van der Waals surface area contributed by atoms with Gasteiger partial charge in [0, 0.05) is 25.0 Å². The summed E-state index contributed by atoms with van der Waals surface area (Å²) in [7, 11) is 1.88. The molecule has 0 amide bonds. The van der Waals surface area contributed by atoms with Gasteiger partial charge in [0.15, 0.2) is 0 Å². The van der Waals surface area contributed by atoms with E-state index < -0.39 is 0 Å². The Morgan fingerprint density at radius 1 is 1.53 bits per heavy atom. The van der Waals surface area contributed by atoms with Crippen LogP contribution in [-0.2, 0) is 13.5 Å². The van der Waals surface area contributed by atoms with E-state index in [1.807, 2.05) is 20.2 Å². The van der Waals surface area contributed by atoms with Crippen LogP contribution in [0, 0.1) is 6.92 Å². The van der Waals surface area contributed by atoms with Crippen molar-refractivity contribution in [1.29, 1.82) is 0 Å². The minimum atomic E-state index is 0.224. The second-order valence-electron chi connectivity index (χ2n) is 3.99. The fraction of sp³-hybridized carbons (Fsp3) is 0.545. The Kier molecular flexibility index (Phi) is 3.86. The Hall–Kier alpha value is -1.27. The Labute approximate surface area is 105 Å². The molecule has 5 nitrogen and oxygen atoms in total. The molecule has 0 radical (unpaired) electrons. The van der Waals surface area contributed by atoms with Gasteiger partial charge in [0.1, 0.15) is 0 Å². The Morgan fingerprint density at radius 3 is 2.88 bits per heavy atom. The maximum absolute atomic E-state index is 4.53. The van der Waals surface area contributed by atoms with E-state index in [-0.39, 0.29) is 6.04 Å². The minimum absolute atomic E-state index is 0.224. The van der Waals surface area contributed by atoms with Crippen LogP contribution in [0.3, 0.4) is 0 Å². The molecular formula is C11H17N5S. The molecule has 0 spiro atoms. The molecule has 0 aromatic carbocycles. The van der Waals surface area contributed by atoms with E-state index in [2.05, 4.69) is 32.9 Å². The zero-order valence-corrected chi connectivity index (χ0v) is 11.2. The molecule has 2 heterocycles. The summed E-state index contributed by atoms with van der Waals surface area (Å²) in [5, 5.41) is 14.7. The van der Waals surface area contributed by atoms with Gasteiger partial charge in [-0.25, -0.2) is 4.98 Å². The van der Waals surface area contributed by atoms with E-state index >= 15 is 0 Å². The van der Waals surface area contributed by atoms with Crippen LogP contribution in [0.2, 0.25) is 0 Å². The topological polar surface area (TPSA) is 55.6 Å². The molecule has 0 saturated heterocycles. The Bertz CT molecular complexity index is 476. The van der Waals surface area contributed by atoms with E-state index in [9.17, 15) is 0 Å². The summed E-state index contributed by atoms with van der Waals surface area (Å²) < 4.78 is 1.73. The number of hydrogen-bond donors (Lipinski definition) is 1. The van der Waals surface area contributed by atoms with Crippen LogP contribution in [0.25, 0.3) is 0 Å². The number of nitrogens with zero attached hydrogens (tertiary/aromatic N) is 4. The summed E-state index contributed by atoms with van der Waals surface area (Å²) in [5.74, 6) is 0. The molecule has 0 fully saturated rings. The molecule has 1 N–H and O–H groups in total. The van der Waals surface area contributed by atoms with Gasteiger partial charge in [0.05, 0.1) is 22.4 Å². The highest BCUT2D eigenvalue weighted by molar-refractivity contribution is 7.09. The maximum atomic E-state index is 4.53. The van der Waals surface area contributed by atoms with Crippen LogP contribution in [0.15, 0.2) is 11.6 Å². The average Bonchev–Trinajstić information content (AvgIpc) is 2.87. The zero-order chi connectivity index (χ0) is 12.3. The van der Waals surface area contributed by atoms with Crippen molar-refractivity contribution in [3.63, 3.8) is 0 Å². The molecule has 2 aromatic heterocycles. The van der Waals surface area contributed by atoms with Gasteiger partial charge >= 0.3 is 0 Å². The smallest absolute Gasteiger partial charge is 0.0898 e. The predicted octanol–water partition coefficient (Wildman–Crippen LogP) is 1.47. The Balaban J connectivity index is 2.12. The second kappa shape index (κ2) is 5.37. The van der Waals surface area contributed by atoms with Crippen LogP contribution in [0.4, 0.5) is 0 Å². The molecule has 1 unspecified atom stereocenters. The van der Waals surface area contributed by atoms with E-state index in [4.69, 9.17) is 0 Å². The predicted molar refractivity (Wildman–Crippen MR) is 68.0 cm³/mol. The molecule has 6 heteroatoms. The Morgan fingerprint density at radius 2 is 2.35 bits per heavy atom. The molecule has 0 aliphatic carbocycles. The first kappa shape index (κ1) is 12.2. The third kappa shape index (κ3) is 3.10. The number of rotatable bonds is 5. The minimum Gasteiger partial charge on any atom is -0.309 e. The summed E-state index contributed by atoms with van der Waals surface area (Å²) >= 11 is 1.68. The molecule has 2 rings (SSSR count). The highest BCUT2D eigenvalue weighted by Crippen LogP contribution is 2.19. The van der Waals surface area contributed by atoms with Crippen LogP contribution in [0.1, 0.15) is 29.4 Å². The maximum Gasteiger partial charge on any atom is 0.0898 e. The lowest BCUT2D eigenvalue weighted by molar-refractivity contribution is 0.532. The monoisotopic (exact) mass is 251 g/mol. The third-order valence-electron chi connectivity index (χ3n) is 2.51. The van der Waals surface area contributed by atoms with Crippen molar-refractivity contribution in [3.05, 3.63) is 28.0 Å². The van der Waals surface area contributed by atoms with Crippen molar-refractivity contribution in [3.8, 4) is 0 Å². The van der Waals surface area contributed by atoms with Crippen molar-refractivity contribution in [1.82, 2.24) is 25.3 Å². The molecule has 0 aliphatic heterocycles. The lowest BCUT2D eigenvalue weighted by Gasteiger charge is -2.13. The largest absolute Gasteiger partial charge is 0.309 e. The number of hydrogen-bond acceptors (Lipinski definition) is 5. The fourth-order valence-corrected chi connectivity index (χ4v) is 2.43. The normalized spacial score (nSPS) is 12.9. The standard InChI is InChI=1S/C11H17N5S/c1-4-12-10(11-7-17-8(2)13-11)5-9-6-16(3)15-14-9/h6-7,10,12H,4-5H2,1-3H3. The number of aryl methyl sites for hydroxylation is 2. The van der Waals surface area contributed by atoms with E-state index in [1.165, 1.54) is 0 Å². The summed E-state index contributed by atoms with van der Waals surface area (Å²) in [6.07, 6.45) is 2.77. The van der Waals surface area contributed by atoms with Crippen LogP contribution in [0.5, 0.6) is 0 Å². The molecule has 2 aromatic rings. The summed E-state index contributed by atoms with van der Waals surface area (Å²) in [6, 6.07) is 0.224. The van der Waals surface area contributed by atoms with Crippen molar-refractivity contribution in [2.24, 2.45) is 7.05 Å². The summed E-state index contributed by atoms with van der Waals surface area (Å²) in [6.45, 7) is 5.05. The molecular weight excluding hydrogens is 234 g/mol. The second-order valence-corrected chi connectivity index (χ2v) is 5.05. The number of thiazole rings is 1. The van der Waals surface area contributed by atoms with Gasteiger partial charge in [-0.2, -0.15) is 0 Å². The number of likely N-dealkylation sites (N-methyl/N-ethyl adjacent to an activating group) is 1. The lowest BCUT2D eigenvalue weighted by atomic mass is 10.1. The molecule has 17 heavy (non-hydrogen) atoms. The van der Waals surface area contributed by atoms with Gasteiger partial charge in [-0.1, -0.05) is 12.1 Å². The summed E-state index contributed by atoms with van der Waals surface area (Å²) in [5.41, 5.74) is 2.09. The molecule has 0 aliphatic rings. The van der Waals surface area contributed by atoms with Gasteiger partial charge in [-0.15, -0.1) is 16.4 Å². The van der Waals surface area contributed by atoms with Gasteiger partial charge in [-0.3, -0.25) is 4.68 Å². The SMILES string of the molecule is CCNC(Cc1cn(C)nn1)c1csc(C)n1. The highest BCUT2D eigenvalue weighted by atomic mass is 32.1. The first-order chi connectivity index (χ1) is 8.19. The lowest BCUT2D eigenvalue weighted by Crippen LogP contribution is -2.23. The third-order valence-corrected chi connectivity index (χ3v) is 3.30. The van der Waals surface area contributed by atoms with Crippen LogP contribution < -0.4 is 5.32 Å². The fourth-order valence-electron chi connectivity index (χ4n) is 1.77. The number of nitrogens with one attached hydrogen (secondary N) is 1. The van der Waals surface area contributed by atoms with E-state index in [0.29, 0.717) is 0 Å². The average molecular weight is 251 g/mol. The first-order valence-corrected chi connectivity index (χ1v) is 6.57. The van der Waals surface area contributed by atoms with Crippen LogP contribution in [-0.4, -0.2) is 26.5 Å². The van der Waals surface area contributed by atoms with Crippen molar-refractivity contribution >= 4 is 11.3 Å². The van der Waals surface area contributed by atoms with Gasteiger partial charge in [0.25, 0.3) is 0 Å². The van der Waals surface area contributed by atoms with Gasteiger partial charge in [0.2, 0.25) is 0 Å². The van der Waals surface area contributed by atoms with Crippen LogP contribution >= 0.6 is 11.3 Å². The van der Waals surface area contributed by atoms with Gasteiger partial charge in [-0.05, 0) is 13.5 Å². The molecule has 0 bridgehead atoms. The molecule has 0 saturated carbocycles. The van der Waals surface area contributed by atoms with Crippen molar-refractivity contribution in [2.75, 3.05) is 6.54 Å². The zero-order valence-electron chi connectivity index (χ0n) is 10.3. The highest BCUT2D eigenvalue weighted by Gasteiger charge is 2.15. The summed E-state index contributed by atoms with van der Waals surface area (Å²) in [4.78, 5) is 4.53. The van der Waals surface area contributed by atoms with E-state index in [0.717, 1.165) is 29.4 Å². The van der Waals surface area contributed by atoms with Crippen molar-refractivity contribution in [2.45, 2.75) is 26.3 Å².